The first-order valence-electron chi connectivity index (χ1n) is 8.72. The number of nitrogens with one attached hydrogen (secondary N) is 1. The number of nitrogens with zero attached hydrogens (tertiary/aromatic N) is 2. The molecule has 0 spiro atoms. The van der Waals surface area contributed by atoms with E-state index in [-0.39, 0.29) is 11.9 Å². The summed E-state index contributed by atoms with van der Waals surface area (Å²) in [5.41, 5.74) is 1.21. The molecule has 2 heterocycles. The smallest absolute Gasteiger partial charge is 0.263 e. The van der Waals surface area contributed by atoms with Gasteiger partial charge in [-0.2, -0.15) is 0 Å². The van der Waals surface area contributed by atoms with Gasteiger partial charge in [-0.3, -0.25) is 4.79 Å². The molecule has 1 aromatic rings. The molecule has 1 amide bonds. The standard InChI is InChI=1S/C18H31N3OS/c1-13-16(23-14(2)19-13)17(22)20-15-8-6-7-10-21(12-15)11-9-18(3,4)5/h15H,6-12H2,1-5H3,(H,20,22). The normalized spacial score (nSPS) is 20.3. The maximum atomic E-state index is 12.5. The molecule has 0 radical (unpaired) electrons. The Balaban J connectivity index is 1.93. The second-order valence-electron chi connectivity index (χ2n) is 7.92. The monoisotopic (exact) mass is 337 g/mol. The van der Waals surface area contributed by atoms with Crippen molar-refractivity contribution in [2.24, 2.45) is 5.41 Å². The van der Waals surface area contributed by atoms with Crippen molar-refractivity contribution in [2.75, 3.05) is 19.6 Å². The summed E-state index contributed by atoms with van der Waals surface area (Å²) >= 11 is 1.49. The average molecular weight is 338 g/mol. The van der Waals surface area contributed by atoms with Crippen molar-refractivity contribution in [1.29, 1.82) is 0 Å². The Labute approximate surface area is 144 Å². The van der Waals surface area contributed by atoms with Gasteiger partial charge in [0, 0.05) is 12.6 Å². The molecule has 1 saturated heterocycles. The van der Waals surface area contributed by atoms with Gasteiger partial charge in [0.15, 0.2) is 0 Å². The SMILES string of the molecule is Cc1nc(C)c(C(=O)NC2CCCCN(CCC(C)(C)C)C2)s1. The molecule has 0 aliphatic carbocycles. The highest BCUT2D eigenvalue weighted by Gasteiger charge is 2.23. The minimum Gasteiger partial charge on any atom is -0.347 e. The van der Waals surface area contributed by atoms with Crippen LogP contribution in [0, 0.1) is 19.3 Å². The van der Waals surface area contributed by atoms with Crippen LogP contribution in [0.2, 0.25) is 0 Å². The van der Waals surface area contributed by atoms with Crippen molar-refractivity contribution in [1.82, 2.24) is 15.2 Å². The fourth-order valence-corrected chi connectivity index (χ4v) is 3.85. The number of rotatable bonds is 4. The van der Waals surface area contributed by atoms with Crippen LogP contribution < -0.4 is 5.32 Å². The molecule has 4 nitrogen and oxygen atoms in total. The van der Waals surface area contributed by atoms with Gasteiger partial charge < -0.3 is 10.2 Å². The Hall–Kier alpha value is -0.940. The summed E-state index contributed by atoms with van der Waals surface area (Å²) in [5.74, 6) is 0.0516. The zero-order valence-corrected chi connectivity index (χ0v) is 16.1. The number of aryl methyl sites for hydroxylation is 2. The summed E-state index contributed by atoms with van der Waals surface area (Å²) in [6, 6.07) is 0.256. The highest BCUT2D eigenvalue weighted by atomic mass is 32.1. The number of amides is 1. The first kappa shape index (κ1) is 18.4. The second-order valence-corrected chi connectivity index (χ2v) is 9.13. The molecule has 130 valence electrons. The van der Waals surface area contributed by atoms with Crippen LogP contribution in [0.4, 0.5) is 0 Å². The van der Waals surface area contributed by atoms with E-state index in [1.54, 1.807) is 0 Å². The number of carbonyl (C=O) groups is 1. The second kappa shape index (κ2) is 7.75. The van der Waals surface area contributed by atoms with E-state index >= 15 is 0 Å². The van der Waals surface area contributed by atoms with E-state index in [4.69, 9.17) is 0 Å². The van der Waals surface area contributed by atoms with Gasteiger partial charge in [0.2, 0.25) is 0 Å². The average Bonchev–Trinajstić information content (AvgIpc) is 2.65. The lowest BCUT2D eigenvalue weighted by molar-refractivity contribution is 0.0928. The van der Waals surface area contributed by atoms with Gasteiger partial charge >= 0.3 is 0 Å². The van der Waals surface area contributed by atoms with Crippen LogP contribution in [0.1, 0.15) is 66.8 Å². The zero-order chi connectivity index (χ0) is 17.0. The van der Waals surface area contributed by atoms with Crippen LogP contribution in [-0.2, 0) is 0 Å². The molecule has 0 saturated carbocycles. The lowest BCUT2D eigenvalue weighted by Crippen LogP contribution is -2.43. The molecule has 1 unspecified atom stereocenters. The van der Waals surface area contributed by atoms with Gasteiger partial charge in [-0.1, -0.05) is 27.2 Å². The molecular weight excluding hydrogens is 306 g/mol. The summed E-state index contributed by atoms with van der Waals surface area (Å²) < 4.78 is 0. The summed E-state index contributed by atoms with van der Waals surface area (Å²) in [4.78, 5) is 20.2. The van der Waals surface area contributed by atoms with Crippen LogP contribution in [0.15, 0.2) is 0 Å². The summed E-state index contributed by atoms with van der Waals surface area (Å²) in [7, 11) is 0. The molecule has 1 aliphatic rings. The molecule has 1 N–H and O–H groups in total. The van der Waals surface area contributed by atoms with Crippen molar-refractivity contribution in [2.45, 2.75) is 66.3 Å². The number of hydrogen-bond acceptors (Lipinski definition) is 4. The number of aromatic nitrogens is 1. The Bertz CT molecular complexity index is 533. The van der Waals surface area contributed by atoms with Crippen LogP contribution >= 0.6 is 11.3 Å². The van der Waals surface area contributed by atoms with Gasteiger partial charge in [0.05, 0.1) is 10.7 Å². The third kappa shape index (κ3) is 5.88. The van der Waals surface area contributed by atoms with Crippen LogP contribution in [0.5, 0.6) is 0 Å². The van der Waals surface area contributed by atoms with Gasteiger partial charge in [-0.15, -0.1) is 11.3 Å². The molecule has 1 aromatic heterocycles. The zero-order valence-electron chi connectivity index (χ0n) is 15.2. The number of thiazole rings is 1. The molecule has 1 atom stereocenters. The lowest BCUT2D eigenvalue weighted by atomic mass is 9.92. The summed E-state index contributed by atoms with van der Waals surface area (Å²) in [6.45, 7) is 14.0. The van der Waals surface area contributed by atoms with Crippen LogP contribution in [-0.4, -0.2) is 41.5 Å². The quantitative estimate of drug-likeness (QED) is 0.909. The predicted molar refractivity (Wildman–Crippen MR) is 97.2 cm³/mol. The minimum atomic E-state index is 0.0516. The first-order chi connectivity index (χ1) is 10.7. The lowest BCUT2D eigenvalue weighted by Gasteiger charge is -2.28. The molecule has 1 aliphatic heterocycles. The van der Waals surface area contributed by atoms with Crippen molar-refractivity contribution < 1.29 is 4.79 Å². The predicted octanol–water partition coefficient (Wildman–Crippen LogP) is 3.78. The van der Waals surface area contributed by atoms with Gasteiger partial charge in [-0.25, -0.2) is 4.98 Å². The molecule has 1 fully saturated rings. The maximum absolute atomic E-state index is 12.5. The molecule has 5 heteroatoms. The number of likely N-dealkylation sites (tertiary alicyclic amines) is 1. The third-order valence-corrected chi connectivity index (χ3v) is 5.45. The Morgan fingerprint density at radius 1 is 1.35 bits per heavy atom. The van der Waals surface area contributed by atoms with E-state index in [0.717, 1.165) is 41.6 Å². The highest BCUT2D eigenvalue weighted by molar-refractivity contribution is 7.13. The van der Waals surface area contributed by atoms with E-state index in [2.05, 4.69) is 36.0 Å². The Morgan fingerprint density at radius 3 is 2.70 bits per heavy atom. The topological polar surface area (TPSA) is 45.2 Å². The van der Waals surface area contributed by atoms with Crippen molar-refractivity contribution in [3.8, 4) is 0 Å². The van der Waals surface area contributed by atoms with Crippen molar-refractivity contribution in [3.63, 3.8) is 0 Å². The van der Waals surface area contributed by atoms with Crippen molar-refractivity contribution >= 4 is 17.2 Å². The van der Waals surface area contributed by atoms with Crippen LogP contribution in [0.25, 0.3) is 0 Å². The van der Waals surface area contributed by atoms with E-state index < -0.39 is 0 Å². The Kier molecular flexibility index (Phi) is 6.20. The highest BCUT2D eigenvalue weighted by Crippen LogP contribution is 2.21. The van der Waals surface area contributed by atoms with Crippen molar-refractivity contribution in [3.05, 3.63) is 15.6 Å². The number of hydrogen-bond donors (Lipinski definition) is 1. The minimum absolute atomic E-state index is 0.0516. The maximum Gasteiger partial charge on any atom is 0.263 e. The number of carbonyl (C=O) groups excluding carboxylic acids is 1. The third-order valence-electron chi connectivity index (χ3n) is 4.38. The van der Waals surface area contributed by atoms with Gasteiger partial charge in [0.1, 0.15) is 4.88 Å². The van der Waals surface area contributed by atoms with E-state index in [1.165, 1.54) is 30.6 Å². The largest absolute Gasteiger partial charge is 0.347 e. The van der Waals surface area contributed by atoms with E-state index in [9.17, 15) is 4.79 Å². The fourth-order valence-electron chi connectivity index (χ4n) is 3.03. The summed E-state index contributed by atoms with van der Waals surface area (Å²) in [5, 5.41) is 4.20. The molecule has 23 heavy (non-hydrogen) atoms. The summed E-state index contributed by atoms with van der Waals surface area (Å²) in [6.07, 6.45) is 4.70. The first-order valence-corrected chi connectivity index (χ1v) is 9.53. The molecule has 2 rings (SSSR count). The van der Waals surface area contributed by atoms with Gasteiger partial charge in [-0.05, 0) is 51.6 Å². The molecule has 0 aromatic carbocycles. The van der Waals surface area contributed by atoms with E-state index in [1.807, 2.05) is 13.8 Å². The Morgan fingerprint density at radius 2 is 2.09 bits per heavy atom. The van der Waals surface area contributed by atoms with Crippen LogP contribution in [0.3, 0.4) is 0 Å². The van der Waals surface area contributed by atoms with Gasteiger partial charge in [0.25, 0.3) is 5.91 Å². The molecular formula is C18H31N3OS. The van der Waals surface area contributed by atoms with E-state index in [0.29, 0.717) is 5.41 Å². The fraction of sp³-hybridized carbons (Fsp3) is 0.778. The molecule has 0 bridgehead atoms.